The van der Waals surface area contributed by atoms with Gasteiger partial charge in [0.15, 0.2) is 0 Å². The summed E-state index contributed by atoms with van der Waals surface area (Å²) in [4.78, 5) is 26.9. The zero-order chi connectivity index (χ0) is 26.8. The molecular formula is C30H29N5O3. The molecule has 1 atom stereocenters. The lowest BCUT2D eigenvalue weighted by molar-refractivity contribution is -0.113. The van der Waals surface area contributed by atoms with E-state index >= 15 is 0 Å². The second-order valence-corrected chi connectivity index (χ2v) is 9.33. The molecule has 0 radical (unpaired) electrons. The Kier molecular flexibility index (Phi) is 6.70. The van der Waals surface area contributed by atoms with Crippen molar-refractivity contribution in [2.24, 2.45) is 0 Å². The summed E-state index contributed by atoms with van der Waals surface area (Å²) in [5.41, 5.74) is 5.95. The second kappa shape index (κ2) is 10.3. The lowest BCUT2D eigenvalue weighted by Gasteiger charge is -2.30. The highest BCUT2D eigenvalue weighted by atomic mass is 16.5. The van der Waals surface area contributed by atoms with Gasteiger partial charge in [0, 0.05) is 17.1 Å². The summed E-state index contributed by atoms with van der Waals surface area (Å²) >= 11 is 0. The van der Waals surface area contributed by atoms with Crippen LogP contribution in [-0.2, 0) is 4.79 Å². The van der Waals surface area contributed by atoms with Crippen molar-refractivity contribution in [1.29, 1.82) is 0 Å². The van der Waals surface area contributed by atoms with Crippen LogP contribution in [0.2, 0.25) is 0 Å². The summed E-state index contributed by atoms with van der Waals surface area (Å²) in [5, 5.41) is 13.8. The standard InChI is InChI=1S/C30H29N5O3/c1-18-5-9-21(10-6-18)27-26(30(37)34-23-13-15-24(38-4)16-14-23)20(3)32-28-25(17-31-35(27)28)29(36)33-22-11-7-19(2)8-12-22/h5-17,27,32H,1-4H3,(H,33,36)(H,34,37)/t27-/m0/s1. The number of rotatable bonds is 6. The molecular weight excluding hydrogens is 478 g/mol. The third-order valence-corrected chi connectivity index (χ3v) is 6.56. The van der Waals surface area contributed by atoms with E-state index < -0.39 is 6.04 Å². The molecule has 1 aliphatic heterocycles. The SMILES string of the molecule is COc1ccc(NC(=O)C2=C(C)Nc3c(C(=O)Nc4ccc(C)cc4)cnn3[C@H]2c2ccc(C)cc2)cc1. The second-order valence-electron chi connectivity index (χ2n) is 9.33. The molecule has 0 bridgehead atoms. The van der Waals surface area contributed by atoms with E-state index in [2.05, 4.69) is 21.0 Å². The first-order valence-electron chi connectivity index (χ1n) is 12.3. The first-order valence-corrected chi connectivity index (χ1v) is 12.3. The average Bonchev–Trinajstić information content (AvgIpc) is 3.33. The van der Waals surface area contributed by atoms with Crippen LogP contribution in [0.3, 0.4) is 0 Å². The molecule has 0 fully saturated rings. The first kappa shape index (κ1) is 24.8. The van der Waals surface area contributed by atoms with Crippen molar-refractivity contribution in [1.82, 2.24) is 9.78 Å². The fraction of sp³-hybridized carbons (Fsp3) is 0.167. The Morgan fingerprint density at radius 3 is 1.97 bits per heavy atom. The number of benzene rings is 3. The number of nitrogens with zero attached hydrogens (tertiary/aromatic N) is 2. The minimum absolute atomic E-state index is 0.266. The number of fused-ring (bicyclic) bond motifs is 1. The van der Waals surface area contributed by atoms with E-state index in [0.717, 1.165) is 16.7 Å². The molecule has 0 unspecified atom stereocenters. The van der Waals surface area contributed by atoms with Crippen molar-refractivity contribution in [3.05, 3.63) is 113 Å². The smallest absolute Gasteiger partial charge is 0.261 e. The maximum absolute atomic E-state index is 13.6. The van der Waals surface area contributed by atoms with Crippen molar-refractivity contribution >= 4 is 29.0 Å². The van der Waals surface area contributed by atoms with E-state index in [1.165, 1.54) is 6.20 Å². The van der Waals surface area contributed by atoms with Gasteiger partial charge in [-0.05, 0) is 62.7 Å². The number of hydrogen-bond donors (Lipinski definition) is 3. The van der Waals surface area contributed by atoms with Crippen molar-refractivity contribution < 1.29 is 14.3 Å². The van der Waals surface area contributed by atoms with Crippen LogP contribution in [-0.4, -0.2) is 28.7 Å². The first-order chi connectivity index (χ1) is 18.3. The van der Waals surface area contributed by atoms with Gasteiger partial charge in [0.05, 0.1) is 18.9 Å². The van der Waals surface area contributed by atoms with Crippen molar-refractivity contribution in [2.45, 2.75) is 26.8 Å². The van der Waals surface area contributed by atoms with Gasteiger partial charge in [0.25, 0.3) is 11.8 Å². The molecule has 8 heteroatoms. The largest absolute Gasteiger partial charge is 0.497 e. The fourth-order valence-electron chi connectivity index (χ4n) is 4.48. The highest BCUT2D eigenvalue weighted by Gasteiger charge is 2.35. The van der Waals surface area contributed by atoms with Crippen LogP contribution in [0.1, 0.15) is 40.0 Å². The van der Waals surface area contributed by atoms with E-state index in [1.807, 2.05) is 69.3 Å². The molecule has 2 heterocycles. The fourth-order valence-corrected chi connectivity index (χ4v) is 4.48. The van der Waals surface area contributed by atoms with Crippen molar-refractivity contribution in [3.8, 4) is 5.75 Å². The summed E-state index contributed by atoms with van der Waals surface area (Å²) in [6.07, 6.45) is 1.53. The third-order valence-electron chi connectivity index (χ3n) is 6.56. The number of methoxy groups -OCH3 is 1. The minimum Gasteiger partial charge on any atom is -0.497 e. The molecule has 192 valence electrons. The highest BCUT2D eigenvalue weighted by Crippen LogP contribution is 2.38. The van der Waals surface area contributed by atoms with Gasteiger partial charge in [-0.25, -0.2) is 4.68 Å². The Hall–Kier alpha value is -4.85. The van der Waals surface area contributed by atoms with Crippen LogP contribution >= 0.6 is 0 Å². The van der Waals surface area contributed by atoms with Crippen LogP contribution in [0.4, 0.5) is 17.2 Å². The number of aryl methyl sites for hydroxylation is 2. The van der Waals surface area contributed by atoms with Gasteiger partial charge in [-0.1, -0.05) is 47.5 Å². The number of allylic oxidation sites excluding steroid dienone is 1. The number of hydrogen-bond acceptors (Lipinski definition) is 5. The van der Waals surface area contributed by atoms with Crippen LogP contribution in [0.5, 0.6) is 5.75 Å². The lowest BCUT2D eigenvalue weighted by atomic mass is 9.94. The van der Waals surface area contributed by atoms with Gasteiger partial charge in [-0.3, -0.25) is 9.59 Å². The molecule has 0 aliphatic carbocycles. The number of ether oxygens (including phenoxy) is 1. The van der Waals surface area contributed by atoms with Crippen LogP contribution in [0.15, 0.2) is 90.3 Å². The summed E-state index contributed by atoms with van der Waals surface area (Å²) in [7, 11) is 1.60. The Morgan fingerprint density at radius 2 is 1.37 bits per heavy atom. The van der Waals surface area contributed by atoms with Gasteiger partial charge in [0.2, 0.25) is 0 Å². The molecule has 2 amide bonds. The molecule has 0 saturated carbocycles. The zero-order valence-electron chi connectivity index (χ0n) is 21.7. The number of aromatic nitrogens is 2. The number of amides is 2. The Balaban J connectivity index is 1.51. The molecule has 3 aromatic carbocycles. The summed E-state index contributed by atoms with van der Waals surface area (Å²) in [6, 6.07) is 22.2. The van der Waals surface area contributed by atoms with Crippen LogP contribution in [0.25, 0.3) is 0 Å². The van der Waals surface area contributed by atoms with Gasteiger partial charge in [0.1, 0.15) is 23.2 Å². The van der Waals surface area contributed by atoms with Crippen LogP contribution < -0.4 is 20.7 Å². The summed E-state index contributed by atoms with van der Waals surface area (Å²) in [6.45, 7) is 5.84. The van der Waals surface area contributed by atoms with E-state index in [1.54, 1.807) is 36.1 Å². The third kappa shape index (κ3) is 4.88. The number of nitrogens with one attached hydrogen (secondary N) is 3. The van der Waals surface area contributed by atoms with E-state index in [4.69, 9.17) is 4.74 Å². The normalized spacial score (nSPS) is 14.4. The molecule has 38 heavy (non-hydrogen) atoms. The van der Waals surface area contributed by atoms with Crippen LogP contribution in [0, 0.1) is 13.8 Å². The molecule has 0 spiro atoms. The monoisotopic (exact) mass is 507 g/mol. The Labute approximate surface area is 221 Å². The molecule has 3 N–H and O–H groups in total. The lowest BCUT2D eigenvalue weighted by Crippen LogP contribution is -2.32. The van der Waals surface area contributed by atoms with E-state index in [9.17, 15) is 9.59 Å². The molecule has 1 aliphatic rings. The number of carbonyl (C=O) groups is 2. The average molecular weight is 508 g/mol. The predicted octanol–water partition coefficient (Wildman–Crippen LogP) is 5.69. The molecule has 8 nitrogen and oxygen atoms in total. The quantitative estimate of drug-likeness (QED) is 0.312. The van der Waals surface area contributed by atoms with Gasteiger partial charge in [-0.15, -0.1) is 0 Å². The maximum Gasteiger partial charge on any atom is 0.261 e. The highest BCUT2D eigenvalue weighted by molar-refractivity contribution is 6.09. The number of anilines is 3. The molecule has 1 aromatic heterocycles. The van der Waals surface area contributed by atoms with Gasteiger partial charge >= 0.3 is 0 Å². The van der Waals surface area contributed by atoms with Crippen molar-refractivity contribution in [2.75, 3.05) is 23.1 Å². The Bertz CT molecular complexity index is 1520. The summed E-state index contributed by atoms with van der Waals surface area (Å²) < 4.78 is 6.92. The minimum atomic E-state index is -0.536. The molecule has 5 rings (SSSR count). The topological polar surface area (TPSA) is 97.3 Å². The van der Waals surface area contributed by atoms with Gasteiger partial charge in [-0.2, -0.15) is 5.10 Å². The zero-order valence-corrected chi connectivity index (χ0v) is 21.7. The maximum atomic E-state index is 13.6. The van der Waals surface area contributed by atoms with E-state index in [0.29, 0.717) is 39.8 Å². The Morgan fingerprint density at radius 1 is 0.816 bits per heavy atom. The number of carbonyl (C=O) groups excluding carboxylic acids is 2. The molecule has 0 saturated heterocycles. The van der Waals surface area contributed by atoms with Gasteiger partial charge < -0.3 is 20.7 Å². The van der Waals surface area contributed by atoms with E-state index in [-0.39, 0.29) is 11.8 Å². The summed E-state index contributed by atoms with van der Waals surface area (Å²) in [5.74, 6) is 0.674. The van der Waals surface area contributed by atoms with Crippen molar-refractivity contribution in [3.63, 3.8) is 0 Å². The molecule has 4 aromatic rings. The predicted molar refractivity (Wildman–Crippen MR) is 149 cm³/mol.